The quantitative estimate of drug-likeness (QED) is 0.783. The first-order chi connectivity index (χ1) is 8.23. The van der Waals surface area contributed by atoms with Crippen molar-refractivity contribution in [2.45, 2.75) is 33.9 Å². The summed E-state index contributed by atoms with van der Waals surface area (Å²) in [5, 5.41) is 9.82. The maximum atomic E-state index is 12.2. The van der Waals surface area contributed by atoms with Gasteiger partial charge in [0.15, 0.2) is 0 Å². The van der Waals surface area contributed by atoms with E-state index in [1.807, 2.05) is 58.1 Å². The summed E-state index contributed by atoms with van der Waals surface area (Å²) < 4.78 is 5.11. The monoisotopic (exact) mass is 355 g/mol. The van der Waals surface area contributed by atoms with Gasteiger partial charge in [0.1, 0.15) is 0 Å². The number of carbonyl (C=O) groups excluding carboxylic acids is 1. The van der Waals surface area contributed by atoms with Crippen molar-refractivity contribution in [3.8, 4) is 0 Å². The summed E-state index contributed by atoms with van der Waals surface area (Å²) in [6.07, 6.45) is 7.41. The first-order valence-corrected chi connectivity index (χ1v) is 11.6. The molecule has 1 rings (SSSR count). The Bertz CT molecular complexity index is 351. The fraction of sp³-hybridized carbons (Fsp3) is 0.615. The molecular formula is C13H22InNO3. The van der Waals surface area contributed by atoms with Gasteiger partial charge >= 0.3 is 117 Å². The van der Waals surface area contributed by atoms with Crippen LogP contribution >= 0.6 is 0 Å². The molecule has 0 amide bonds. The van der Waals surface area contributed by atoms with Crippen LogP contribution in [0.25, 0.3) is 0 Å². The van der Waals surface area contributed by atoms with Crippen LogP contribution in [0.2, 0.25) is 3.67 Å². The SMILES string of the molecule is C[CH]1C=C[CH](O)[In]1[C](=O)OC(C)(C)/C=C/N(C)C. The number of nitrogens with zero attached hydrogens (tertiary/aromatic N) is 1. The van der Waals surface area contributed by atoms with Crippen LogP contribution in [-0.2, 0) is 4.74 Å². The maximum absolute atomic E-state index is 12.2. The van der Waals surface area contributed by atoms with Crippen molar-refractivity contribution in [1.29, 1.82) is 0 Å². The second-order valence-corrected chi connectivity index (χ2v) is 14.9. The van der Waals surface area contributed by atoms with Gasteiger partial charge in [-0.2, -0.15) is 0 Å². The van der Waals surface area contributed by atoms with Crippen LogP contribution in [0.5, 0.6) is 0 Å². The van der Waals surface area contributed by atoms with E-state index in [0.29, 0.717) is 0 Å². The standard InChI is InChI=1S/C8H14NO2.C5H8O.In/c1-8(2,11-7-10)5-6-9(3)4;1-2-3-4-5-6;/h5-6H,1-4H3;2-6H,1H3;/b6-5+;;. The third-order valence-corrected chi connectivity index (χ3v) is 11.4. The summed E-state index contributed by atoms with van der Waals surface area (Å²) in [5.41, 5.74) is -0.625. The third kappa shape index (κ3) is 4.35. The molecule has 2 unspecified atom stereocenters. The minimum absolute atomic E-state index is 0.143. The van der Waals surface area contributed by atoms with Gasteiger partial charge in [0, 0.05) is 0 Å². The molecule has 0 fully saturated rings. The van der Waals surface area contributed by atoms with Gasteiger partial charge in [-0.3, -0.25) is 0 Å². The molecule has 1 aliphatic heterocycles. The van der Waals surface area contributed by atoms with E-state index in [0.717, 1.165) is 0 Å². The number of allylic oxidation sites excluding steroid dienone is 1. The van der Waals surface area contributed by atoms with E-state index >= 15 is 0 Å². The molecule has 4 nitrogen and oxygen atoms in total. The molecule has 0 radical (unpaired) electrons. The summed E-state index contributed by atoms with van der Waals surface area (Å²) >= 11 is -2.74. The van der Waals surface area contributed by atoms with Crippen LogP contribution < -0.4 is 0 Å². The molecular weight excluding hydrogens is 333 g/mol. The molecule has 0 aromatic rings. The minimum atomic E-state index is -2.74. The number of aliphatic hydroxyl groups excluding tert-OH is 1. The predicted octanol–water partition coefficient (Wildman–Crippen LogP) is 1.91. The van der Waals surface area contributed by atoms with Crippen LogP contribution in [0.4, 0.5) is 4.79 Å². The Morgan fingerprint density at radius 3 is 2.50 bits per heavy atom. The van der Waals surface area contributed by atoms with Gasteiger partial charge in [-0.05, 0) is 0 Å². The average Bonchev–Trinajstić information content (AvgIpc) is 2.55. The number of carbonyl (C=O) groups is 1. The first-order valence-electron chi connectivity index (χ1n) is 6.18. The van der Waals surface area contributed by atoms with Gasteiger partial charge in [-0.15, -0.1) is 0 Å². The van der Waals surface area contributed by atoms with Crippen LogP contribution in [0.15, 0.2) is 24.4 Å². The summed E-state index contributed by atoms with van der Waals surface area (Å²) in [7, 11) is 3.83. The molecule has 0 spiro atoms. The topological polar surface area (TPSA) is 49.8 Å². The molecule has 0 aliphatic carbocycles. The van der Waals surface area contributed by atoms with E-state index in [4.69, 9.17) is 4.74 Å². The van der Waals surface area contributed by atoms with Gasteiger partial charge in [0.25, 0.3) is 0 Å². The number of hydrogen-bond acceptors (Lipinski definition) is 4. The molecule has 0 saturated heterocycles. The molecule has 1 aliphatic rings. The van der Waals surface area contributed by atoms with E-state index in [1.54, 1.807) is 6.08 Å². The fourth-order valence-electron chi connectivity index (χ4n) is 1.88. The Morgan fingerprint density at radius 2 is 2.06 bits per heavy atom. The van der Waals surface area contributed by atoms with Crippen molar-refractivity contribution < 1.29 is 14.6 Å². The molecule has 18 heavy (non-hydrogen) atoms. The summed E-state index contributed by atoms with van der Waals surface area (Å²) in [6.45, 7) is 5.71. The summed E-state index contributed by atoms with van der Waals surface area (Å²) in [5.74, 6) is 0. The number of aliphatic hydroxyl groups is 1. The van der Waals surface area contributed by atoms with E-state index in [2.05, 4.69) is 0 Å². The third-order valence-electron chi connectivity index (χ3n) is 2.96. The van der Waals surface area contributed by atoms with Crippen molar-refractivity contribution in [2.24, 2.45) is 0 Å². The Hall–Kier alpha value is -0.420. The van der Waals surface area contributed by atoms with Crippen molar-refractivity contribution in [2.75, 3.05) is 14.1 Å². The molecule has 0 saturated carbocycles. The molecule has 1 heterocycles. The average molecular weight is 355 g/mol. The fourth-order valence-corrected chi connectivity index (χ4v) is 9.03. The van der Waals surface area contributed by atoms with E-state index in [1.165, 1.54) is 0 Å². The number of ether oxygens (including phenoxy) is 1. The predicted molar refractivity (Wildman–Crippen MR) is 73.7 cm³/mol. The van der Waals surface area contributed by atoms with E-state index < -0.39 is 30.9 Å². The zero-order valence-electron chi connectivity index (χ0n) is 11.8. The van der Waals surface area contributed by atoms with Crippen molar-refractivity contribution in [3.05, 3.63) is 24.4 Å². The molecule has 1 N–H and O–H groups in total. The zero-order valence-corrected chi connectivity index (χ0v) is 15.0. The second-order valence-electron chi connectivity index (χ2n) is 5.56. The van der Waals surface area contributed by atoms with Gasteiger partial charge in [-0.25, -0.2) is 0 Å². The Labute approximate surface area is 117 Å². The molecule has 0 bridgehead atoms. The first kappa shape index (κ1) is 15.6. The van der Waals surface area contributed by atoms with E-state index in [9.17, 15) is 9.90 Å². The van der Waals surface area contributed by atoms with E-state index in [-0.39, 0.29) is 7.40 Å². The number of rotatable bonds is 4. The van der Waals surface area contributed by atoms with Crippen molar-refractivity contribution in [1.82, 2.24) is 4.90 Å². The van der Waals surface area contributed by atoms with Crippen LogP contribution in [0.1, 0.15) is 20.8 Å². The Morgan fingerprint density at radius 1 is 1.44 bits per heavy atom. The molecule has 100 valence electrons. The zero-order chi connectivity index (χ0) is 13.9. The summed E-state index contributed by atoms with van der Waals surface area (Å²) in [4.78, 5) is 14.0. The Kier molecular flexibility index (Phi) is 5.34. The normalized spacial score (nSPS) is 23.8. The molecule has 0 aromatic heterocycles. The van der Waals surface area contributed by atoms with Gasteiger partial charge < -0.3 is 0 Å². The molecule has 5 heteroatoms. The van der Waals surface area contributed by atoms with Crippen molar-refractivity contribution in [3.63, 3.8) is 0 Å². The Balaban J connectivity index is 2.64. The molecule has 0 aromatic carbocycles. The number of hydrogen-bond donors (Lipinski definition) is 1. The van der Waals surface area contributed by atoms with Gasteiger partial charge in [-0.1, -0.05) is 0 Å². The second kappa shape index (κ2) is 6.15. The van der Waals surface area contributed by atoms with Gasteiger partial charge in [0.2, 0.25) is 0 Å². The molecule has 2 atom stereocenters. The van der Waals surface area contributed by atoms with Crippen LogP contribution in [0.3, 0.4) is 0 Å². The van der Waals surface area contributed by atoms with Crippen LogP contribution in [0, 0.1) is 0 Å². The van der Waals surface area contributed by atoms with Gasteiger partial charge in [0.05, 0.1) is 0 Å². The van der Waals surface area contributed by atoms with Crippen LogP contribution in [-0.4, -0.2) is 58.7 Å². The summed E-state index contributed by atoms with van der Waals surface area (Å²) in [6, 6.07) is 0. The van der Waals surface area contributed by atoms with Crippen molar-refractivity contribution >= 4 is 25.2 Å².